The van der Waals surface area contributed by atoms with Gasteiger partial charge in [-0.15, -0.1) is 0 Å². The molecule has 0 amide bonds. The molecule has 2 heterocycles. The van der Waals surface area contributed by atoms with Crippen LogP contribution in [0.3, 0.4) is 0 Å². The summed E-state index contributed by atoms with van der Waals surface area (Å²) >= 11 is 0. The summed E-state index contributed by atoms with van der Waals surface area (Å²) < 4.78 is 4.62. The lowest BCUT2D eigenvalue weighted by molar-refractivity contribution is 1.13. The first-order chi connectivity index (χ1) is 20.7. The molecule has 4 nitrogen and oxygen atoms in total. The van der Waals surface area contributed by atoms with E-state index in [9.17, 15) is 5.26 Å². The minimum Gasteiger partial charge on any atom is -0.309 e. The van der Waals surface area contributed by atoms with Gasteiger partial charge >= 0.3 is 0 Å². The van der Waals surface area contributed by atoms with Gasteiger partial charge in [-0.2, -0.15) is 5.26 Å². The Labute approximate surface area is 242 Å². The molecule has 0 unspecified atom stereocenters. The molecule has 0 N–H and O–H groups in total. The van der Waals surface area contributed by atoms with E-state index in [4.69, 9.17) is 6.57 Å². The van der Waals surface area contributed by atoms with Crippen LogP contribution in [0.2, 0.25) is 0 Å². The predicted molar refractivity (Wildman–Crippen MR) is 172 cm³/mol. The Bertz CT molecular complexity index is 2200. The average Bonchev–Trinajstić information content (AvgIpc) is 3.57. The first-order valence-electron chi connectivity index (χ1n) is 13.8. The number of hydrogen-bond acceptors (Lipinski definition) is 1. The molecule has 0 radical (unpaired) electrons. The van der Waals surface area contributed by atoms with Crippen LogP contribution in [-0.2, 0) is 0 Å². The highest BCUT2D eigenvalue weighted by Crippen LogP contribution is 2.38. The highest BCUT2D eigenvalue weighted by molar-refractivity contribution is 6.10. The molecule has 0 spiro atoms. The van der Waals surface area contributed by atoms with E-state index in [0.717, 1.165) is 44.6 Å². The SMILES string of the molecule is [C-]#[N+]c1ccc(-c2cc(-n3c4ccccc4c4ccccc43)cc(-n3c4ccccc4c4ccccc43)c2)c(C#N)c1. The molecule has 0 aliphatic rings. The Morgan fingerprint density at radius 2 is 0.952 bits per heavy atom. The summed E-state index contributed by atoms with van der Waals surface area (Å²) in [5.74, 6) is 0. The second-order valence-electron chi connectivity index (χ2n) is 10.4. The molecule has 8 aromatic rings. The molecule has 0 bridgehead atoms. The van der Waals surface area contributed by atoms with E-state index in [2.05, 4.69) is 135 Å². The summed E-state index contributed by atoms with van der Waals surface area (Å²) in [4.78, 5) is 3.56. The number of benzene rings is 6. The maximum absolute atomic E-state index is 10.1. The van der Waals surface area contributed by atoms with Crippen molar-refractivity contribution in [3.05, 3.63) is 150 Å². The Morgan fingerprint density at radius 1 is 0.524 bits per heavy atom. The summed E-state index contributed by atoms with van der Waals surface area (Å²) in [5.41, 5.74) is 9.13. The highest BCUT2D eigenvalue weighted by Gasteiger charge is 2.18. The van der Waals surface area contributed by atoms with Gasteiger partial charge in [-0.3, -0.25) is 0 Å². The van der Waals surface area contributed by atoms with Crippen LogP contribution in [-0.4, -0.2) is 9.13 Å². The molecule has 0 saturated carbocycles. The van der Waals surface area contributed by atoms with Crippen LogP contribution in [0.5, 0.6) is 0 Å². The smallest absolute Gasteiger partial charge is 0.188 e. The summed E-state index contributed by atoms with van der Waals surface area (Å²) in [7, 11) is 0. The van der Waals surface area contributed by atoms with E-state index in [1.165, 1.54) is 21.5 Å². The number of aromatic nitrogens is 2. The molecule has 8 rings (SSSR count). The third-order valence-corrected chi connectivity index (χ3v) is 8.14. The van der Waals surface area contributed by atoms with Gasteiger partial charge in [-0.1, -0.05) is 84.9 Å². The normalized spacial score (nSPS) is 11.3. The number of rotatable bonds is 3. The Balaban J connectivity index is 1.51. The van der Waals surface area contributed by atoms with Gasteiger partial charge in [0.2, 0.25) is 0 Å². The Hall–Kier alpha value is -6.10. The predicted octanol–water partition coefficient (Wildman–Crippen LogP) is 9.97. The summed E-state index contributed by atoms with van der Waals surface area (Å²) in [5, 5.41) is 14.9. The van der Waals surface area contributed by atoms with Crippen molar-refractivity contribution >= 4 is 49.3 Å². The number of nitriles is 1. The van der Waals surface area contributed by atoms with Gasteiger partial charge in [0.1, 0.15) is 0 Å². The molecule has 0 fully saturated rings. The second-order valence-corrected chi connectivity index (χ2v) is 10.4. The van der Waals surface area contributed by atoms with Gasteiger partial charge < -0.3 is 9.13 Å². The lowest BCUT2D eigenvalue weighted by Gasteiger charge is -2.16. The molecule has 0 aliphatic carbocycles. The van der Waals surface area contributed by atoms with Crippen molar-refractivity contribution in [1.29, 1.82) is 5.26 Å². The third-order valence-electron chi connectivity index (χ3n) is 8.14. The van der Waals surface area contributed by atoms with E-state index in [1.54, 1.807) is 12.1 Å². The van der Waals surface area contributed by atoms with Crippen molar-refractivity contribution in [3.63, 3.8) is 0 Å². The molecule has 0 atom stereocenters. The van der Waals surface area contributed by atoms with Crippen LogP contribution in [0.25, 0.3) is 71.0 Å². The van der Waals surface area contributed by atoms with Crippen LogP contribution in [0.4, 0.5) is 5.69 Å². The fourth-order valence-electron chi connectivity index (χ4n) is 6.36. The molecular formula is C38H22N4. The van der Waals surface area contributed by atoms with Crippen LogP contribution in [0.1, 0.15) is 5.56 Å². The summed E-state index contributed by atoms with van der Waals surface area (Å²) in [6.07, 6.45) is 0. The quantitative estimate of drug-likeness (QED) is 0.208. The lowest BCUT2D eigenvalue weighted by atomic mass is 9.98. The molecule has 42 heavy (non-hydrogen) atoms. The Morgan fingerprint density at radius 3 is 1.36 bits per heavy atom. The van der Waals surface area contributed by atoms with Gasteiger partial charge in [-0.05, 0) is 59.7 Å². The number of fused-ring (bicyclic) bond motifs is 6. The molecule has 6 aromatic carbocycles. The van der Waals surface area contributed by atoms with Crippen LogP contribution >= 0.6 is 0 Å². The average molecular weight is 535 g/mol. The zero-order chi connectivity index (χ0) is 28.2. The Kier molecular flexibility index (Phi) is 5.22. The van der Waals surface area contributed by atoms with Crippen molar-refractivity contribution in [2.45, 2.75) is 0 Å². The zero-order valence-corrected chi connectivity index (χ0v) is 22.5. The van der Waals surface area contributed by atoms with Crippen LogP contribution in [0.15, 0.2) is 133 Å². The molecule has 0 aliphatic heterocycles. The molecule has 4 heteroatoms. The first-order valence-corrected chi connectivity index (χ1v) is 13.8. The fourth-order valence-corrected chi connectivity index (χ4v) is 6.36. The highest BCUT2D eigenvalue weighted by atomic mass is 15.0. The van der Waals surface area contributed by atoms with Crippen LogP contribution in [0, 0.1) is 17.9 Å². The monoisotopic (exact) mass is 534 g/mol. The number of hydrogen-bond donors (Lipinski definition) is 0. The fraction of sp³-hybridized carbons (Fsp3) is 0. The van der Waals surface area contributed by atoms with E-state index >= 15 is 0 Å². The largest absolute Gasteiger partial charge is 0.309 e. The summed E-state index contributed by atoms with van der Waals surface area (Å²) in [6.45, 7) is 7.46. The van der Waals surface area contributed by atoms with Gasteiger partial charge in [0.15, 0.2) is 5.69 Å². The zero-order valence-electron chi connectivity index (χ0n) is 22.5. The van der Waals surface area contributed by atoms with E-state index in [-0.39, 0.29) is 0 Å². The second kappa shape index (κ2) is 9.24. The van der Waals surface area contributed by atoms with E-state index in [0.29, 0.717) is 11.3 Å². The topological polar surface area (TPSA) is 38.0 Å². The standard InChI is InChI=1S/C38H22N4/c1-40-27-18-19-30(26(20-27)24-39)25-21-28(41-35-14-6-2-10-31(35)32-11-3-7-15-36(32)41)23-29(22-25)42-37-16-8-4-12-33(37)34-13-5-9-17-38(34)42/h2-23H. The van der Waals surface area contributed by atoms with E-state index < -0.39 is 0 Å². The van der Waals surface area contributed by atoms with Crippen molar-refractivity contribution in [1.82, 2.24) is 9.13 Å². The third kappa shape index (κ3) is 3.47. The minimum atomic E-state index is 0.455. The van der Waals surface area contributed by atoms with Crippen molar-refractivity contribution in [3.8, 4) is 28.6 Å². The maximum Gasteiger partial charge on any atom is 0.188 e. The van der Waals surface area contributed by atoms with Gasteiger partial charge in [0.05, 0.1) is 34.7 Å². The number of nitrogens with zero attached hydrogens (tertiary/aromatic N) is 4. The summed E-state index contributed by atoms with van der Waals surface area (Å²) in [6, 6.07) is 48.2. The van der Waals surface area contributed by atoms with Crippen molar-refractivity contribution in [2.24, 2.45) is 0 Å². The molecule has 0 saturated heterocycles. The lowest BCUT2D eigenvalue weighted by Crippen LogP contribution is -2.00. The van der Waals surface area contributed by atoms with Gasteiger partial charge in [0.25, 0.3) is 0 Å². The van der Waals surface area contributed by atoms with Gasteiger partial charge in [-0.25, -0.2) is 4.85 Å². The minimum absolute atomic E-state index is 0.455. The van der Waals surface area contributed by atoms with E-state index in [1.807, 2.05) is 6.07 Å². The van der Waals surface area contributed by atoms with Gasteiger partial charge in [0, 0.05) is 38.5 Å². The maximum atomic E-state index is 10.1. The van der Waals surface area contributed by atoms with Crippen molar-refractivity contribution < 1.29 is 0 Å². The van der Waals surface area contributed by atoms with Crippen molar-refractivity contribution in [2.75, 3.05) is 0 Å². The van der Waals surface area contributed by atoms with Crippen LogP contribution < -0.4 is 0 Å². The first kappa shape index (κ1) is 23.8. The molecule has 2 aromatic heterocycles. The molecule has 194 valence electrons. The molecular weight excluding hydrogens is 512 g/mol. The number of para-hydroxylation sites is 4.